The molecule has 0 radical (unpaired) electrons. The molecule has 2 aliphatic rings. The summed E-state index contributed by atoms with van der Waals surface area (Å²) in [5.74, 6) is -0.531. The Balaban J connectivity index is 1.61. The smallest absolute Gasteiger partial charge is 0.316 e. The van der Waals surface area contributed by atoms with Gasteiger partial charge in [0.25, 0.3) is 0 Å². The van der Waals surface area contributed by atoms with Crippen LogP contribution in [-0.4, -0.2) is 47.1 Å². The van der Waals surface area contributed by atoms with Crippen molar-refractivity contribution in [2.75, 3.05) is 13.1 Å². The van der Waals surface area contributed by atoms with Crippen LogP contribution in [-0.2, 0) is 10.0 Å². The topological polar surface area (TPSA) is 72.4 Å². The maximum atomic E-state index is 12.6. The van der Waals surface area contributed by atoms with E-state index in [-0.39, 0.29) is 17.4 Å². The molecular weight excluding hydrogens is 273 g/mol. The van der Waals surface area contributed by atoms with Gasteiger partial charge < -0.3 is 4.74 Å². The molecule has 0 N–H and O–H groups in total. The van der Waals surface area contributed by atoms with Crippen LogP contribution in [0.2, 0.25) is 0 Å². The van der Waals surface area contributed by atoms with Gasteiger partial charge in [-0.05, 0) is 19.3 Å². The molecule has 2 fully saturated rings. The van der Waals surface area contributed by atoms with E-state index < -0.39 is 15.8 Å². The third-order valence-electron chi connectivity index (χ3n) is 3.28. The average molecular weight is 287 g/mol. The predicted molar refractivity (Wildman–Crippen MR) is 64.5 cm³/mol. The van der Waals surface area contributed by atoms with Gasteiger partial charge in [0.05, 0.1) is 24.2 Å². The second-order valence-electron chi connectivity index (χ2n) is 4.81. The lowest BCUT2D eigenvalue weighted by Crippen LogP contribution is -2.33. The molecule has 19 heavy (non-hydrogen) atoms. The van der Waals surface area contributed by atoms with E-state index >= 15 is 0 Å². The van der Waals surface area contributed by atoms with Gasteiger partial charge in [-0.1, -0.05) is 0 Å². The van der Waals surface area contributed by atoms with Crippen LogP contribution in [0.1, 0.15) is 19.3 Å². The van der Waals surface area contributed by atoms with Crippen molar-refractivity contribution in [1.82, 2.24) is 14.3 Å². The monoisotopic (exact) mass is 287 g/mol. The number of nitrogens with zero attached hydrogens (tertiary/aromatic N) is 3. The standard InChI is InChI=1S/C11H14FN3O3S/c12-8-5-13-11(14-6-8)18-9-3-4-15(7-9)19(16,17)10-1-2-10/h5-6,9-10H,1-4,7H2/t9-/m1/s1. The minimum Gasteiger partial charge on any atom is -0.459 e. The van der Waals surface area contributed by atoms with Crippen molar-refractivity contribution < 1.29 is 17.5 Å². The fourth-order valence-electron chi connectivity index (χ4n) is 2.11. The maximum Gasteiger partial charge on any atom is 0.316 e. The Bertz CT molecular complexity index is 559. The van der Waals surface area contributed by atoms with E-state index in [1.165, 1.54) is 4.31 Å². The summed E-state index contributed by atoms with van der Waals surface area (Å²) in [4.78, 5) is 7.40. The summed E-state index contributed by atoms with van der Waals surface area (Å²) in [6, 6.07) is 0.0806. The first-order valence-corrected chi connectivity index (χ1v) is 7.69. The van der Waals surface area contributed by atoms with Gasteiger partial charge in [0.2, 0.25) is 10.0 Å². The highest BCUT2D eigenvalue weighted by atomic mass is 32.2. The van der Waals surface area contributed by atoms with Gasteiger partial charge in [0, 0.05) is 6.54 Å². The van der Waals surface area contributed by atoms with E-state index in [0.29, 0.717) is 19.5 Å². The summed E-state index contributed by atoms with van der Waals surface area (Å²) in [6.45, 7) is 0.782. The quantitative estimate of drug-likeness (QED) is 0.809. The molecule has 6 nitrogen and oxygen atoms in total. The number of rotatable bonds is 4. The van der Waals surface area contributed by atoms with Crippen molar-refractivity contribution in [3.8, 4) is 6.01 Å². The minimum atomic E-state index is -3.14. The Morgan fingerprint density at radius 3 is 2.58 bits per heavy atom. The fourth-order valence-corrected chi connectivity index (χ4v) is 4.00. The first-order chi connectivity index (χ1) is 9.05. The molecule has 1 saturated carbocycles. The van der Waals surface area contributed by atoms with Crippen LogP contribution >= 0.6 is 0 Å². The summed E-state index contributed by atoms with van der Waals surface area (Å²) in [6.07, 6.45) is 3.90. The summed E-state index contributed by atoms with van der Waals surface area (Å²) in [5.41, 5.74) is 0. The van der Waals surface area contributed by atoms with E-state index in [0.717, 1.165) is 25.2 Å². The number of sulfonamides is 1. The Morgan fingerprint density at radius 1 is 1.26 bits per heavy atom. The van der Waals surface area contributed by atoms with Crippen LogP contribution in [0.15, 0.2) is 12.4 Å². The Labute approximate surface area is 110 Å². The van der Waals surface area contributed by atoms with Crippen molar-refractivity contribution in [2.45, 2.75) is 30.6 Å². The average Bonchev–Trinajstić information content (AvgIpc) is 3.14. The molecule has 1 aliphatic carbocycles. The SMILES string of the molecule is O=S(=O)(C1CC1)N1CC[C@@H](Oc2ncc(F)cn2)C1. The van der Waals surface area contributed by atoms with E-state index in [4.69, 9.17) is 4.74 Å². The number of aromatic nitrogens is 2. The lowest BCUT2D eigenvalue weighted by Gasteiger charge is -2.16. The van der Waals surface area contributed by atoms with Crippen LogP contribution in [0.4, 0.5) is 4.39 Å². The molecule has 1 atom stereocenters. The minimum absolute atomic E-state index is 0.0806. The van der Waals surface area contributed by atoms with Gasteiger partial charge in [-0.15, -0.1) is 0 Å². The summed E-state index contributed by atoms with van der Waals surface area (Å²) in [7, 11) is -3.14. The second kappa shape index (κ2) is 4.68. The van der Waals surface area contributed by atoms with Crippen molar-refractivity contribution >= 4 is 10.0 Å². The molecule has 0 unspecified atom stereocenters. The fraction of sp³-hybridized carbons (Fsp3) is 0.636. The summed E-state index contributed by atoms with van der Waals surface area (Å²) >= 11 is 0. The van der Waals surface area contributed by atoms with E-state index in [9.17, 15) is 12.8 Å². The largest absolute Gasteiger partial charge is 0.459 e. The number of halogens is 1. The zero-order valence-corrected chi connectivity index (χ0v) is 11.0. The second-order valence-corrected chi connectivity index (χ2v) is 7.03. The molecule has 1 aromatic heterocycles. The third-order valence-corrected chi connectivity index (χ3v) is 5.65. The first kappa shape index (κ1) is 12.7. The van der Waals surface area contributed by atoms with Gasteiger partial charge in [-0.25, -0.2) is 22.8 Å². The Hall–Kier alpha value is -1.28. The molecule has 2 heterocycles. The molecular formula is C11H14FN3O3S. The third kappa shape index (κ3) is 2.69. The van der Waals surface area contributed by atoms with Gasteiger partial charge in [-0.2, -0.15) is 4.31 Å². The zero-order valence-electron chi connectivity index (χ0n) is 10.2. The molecule has 1 saturated heterocycles. The van der Waals surface area contributed by atoms with Crippen molar-refractivity contribution in [1.29, 1.82) is 0 Å². The van der Waals surface area contributed by atoms with Crippen molar-refractivity contribution in [3.05, 3.63) is 18.2 Å². The van der Waals surface area contributed by atoms with Crippen molar-refractivity contribution in [3.63, 3.8) is 0 Å². The van der Waals surface area contributed by atoms with Crippen LogP contribution in [0, 0.1) is 5.82 Å². The summed E-state index contributed by atoms with van der Waals surface area (Å²) < 4.78 is 43.6. The van der Waals surface area contributed by atoms with E-state index in [2.05, 4.69) is 9.97 Å². The molecule has 1 aliphatic heterocycles. The van der Waals surface area contributed by atoms with Crippen LogP contribution in [0.3, 0.4) is 0 Å². The maximum absolute atomic E-state index is 12.6. The molecule has 0 bridgehead atoms. The zero-order chi connectivity index (χ0) is 13.5. The number of ether oxygens (including phenoxy) is 1. The van der Waals surface area contributed by atoms with Gasteiger partial charge in [0.1, 0.15) is 6.10 Å². The highest BCUT2D eigenvalue weighted by Crippen LogP contribution is 2.33. The van der Waals surface area contributed by atoms with Crippen molar-refractivity contribution in [2.24, 2.45) is 0 Å². The molecule has 3 rings (SSSR count). The molecule has 0 spiro atoms. The van der Waals surface area contributed by atoms with Crippen LogP contribution in [0.5, 0.6) is 6.01 Å². The Morgan fingerprint density at radius 2 is 1.95 bits per heavy atom. The van der Waals surface area contributed by atoms with Gasteiger partial charge in [-0.3, -0.25) is 0 Å². The number of hydrogen-bond donors (Lipinski definition) is 0. The van der Waals surface area contributed by atoms with Crippen LogP contribution in [0.25, 0.3) is 0 Å². The van der Waals surface area contributed by atoms with E-state index in [1.807, 2.05) is 0 Å². The van der Waals surface area contributed by atoms with E-state index in [1.54, 1.807) is 0 Å². The highest BCUT2D eigenvalue weighted by Gasteiger charge is 2.43. The molecule has 0 aromatic carbocycles. The van der Waals surface area contributed by atoms with Gasteiger partial charge >= 0.3 is 6.01 Å². The lowest BCUT2D eigenvalue weighted by molar-refractivity contribution is 0.197. The summed E-state index contributed by atoms with van der Waals surface area (Å²) in [5, 5.41) is -0.201. The molecule has 1 aromatic rings. The lowest BCUT2D eigenvalue weighted by atomic mass is 10.3. The Kier molecular flexibility index (Phi) is 3.14. The molecule has 104 valence electrons. The predicted octanol–water partition coefficient (Wildman–Crippen LogP) is 0.561. The van der Waals surface area contributed by atoms with Crippen LogP contribution < -0.4 is 4.74 Å². The number of hydrogen-bond acceptors (Lipinski definition) is 5. The van der Waals surface area contributed by atoms with Gasteiger partial charge in [0.15, 0.2) is 5.82 Å². The molecule has 0 amide bonds. The normalized spacial score (nSPS) is 24.6. The first-order valence-electron chi connectivity index (χ1n) is 6.19. The molecule has 8 heteroatoms. The highest BCUT2D eigenvalue weighted by molar-refractivity contribution is 7.90.